The number of hydrogen-bond acceptors (Lipinski definition) is 17. The smallest absolute Gasteiger partial charge is 0.300 e. The molecule has 79 heavy (non-hydrogen) atoms. The van der Waals surface area contributed by atoms with Crippen LogP contribution < -0.4 is 71.6 Å². The highest BCUT2D eigenvalue weighted by Crippen LogP contribution is 2.26. The van der Waals surface area contributed by atoms with Gasteiger partial charge in [0.1, 0.15) is 48.0 Å². The third kappa shape index (κ3) is 23.9. The van der Waals surface area contributed by atoms with Crippen molar-refractivity contribution < 1.29 is 67.7 Å². The van der Waals surface area contributed by atoms with E-state index >= 15 is 0 Å². The van der Waals surface area contributed by atoms with Crippen molar-refractivity contribution in [3.8, 4) is 5.75 Å². The molecule has 8 atom stereocenters. The summed E-state index contributed by atoms with van der Waals surface area (Å²) in [5, 5.41) is 35.1. The van der Waals surface area contributed by atoms with Crippen LogP contribution >= 0.6 is 21.6 Å². The fraction of sp³-hybridized carbons (Fsp3) is 0.479. The van der Waals surface area contributed by atoms with Gasteiger partial charge in [0.2, 0.25) is 65.0 Å². The zero-order chi connectivity index (χ0) is 58.8. The Morgan fingerprint density at radius 1 is 0.722 bits per heavy atom. The largest absolute Gasteiger partial charge is 0.508 e. The van der Waals surface area contributed by atoms with Gasteiger partial charge in [-0.1, -0.05) is 64.1 Å². The number of hydrogen-bond donors (Lipinski definition) is 15. The summed E-state index contributed by atoms with van der Waals surface area (Å²) in [6, 6.07) is 2.80. The maximum Gasteiger partial charge on any atom is 0.300 e. The Kier molecular flexibility index (Phi) is 27.3. The molecule has 0 bridgehead atoms. The number of carbonyl (C=O) groups is 12. The van der Waals surface area contributed by atoms with E-state index in [2.05, 4.69) is 42.2 Å². The minimum atomic E-state index is -1.80. The third-order valence-electron chi connectivity index (χ3n) is 11.6. The Balaban J connectivity index is 0.00000396. The average Bonchev–Trinajstić information content (AvgIpc) is 3.92. The first-order valence-corrected chi connectivity index (χ1v) is 27.2. The minimum Gasteiger partial charge on any atom is -0.508 e. The van der Waals surface area contributed by atoms with Crippen LogP contribution in [0.15, 0.2) is 59.6 Å². The van der Waals surface area contributed by atoms with Crippen LogP contribution in [0.1, 0.15) is 63.0 Å². The van der Waals surface area contributed by atoms with Crippen molar-refractivity contribution in [2.45, 2.75) is 113 Å². The van der Waals surface area contributed by atoms with Crippen LogP contribution in [0, 0.1) is 0 Å². The second-order valence-corrected chi connectivity index (χ2v) is 20.7. The van der Waals surface area contributed by atoms with Crippen LogP contribution in [0.3, 0.4) is 0 Å². The molecule has 0 aromatic heterocycles. The lowest BCUT2D eigenvalue weighted by Crippen LogP contribution is -2.61. The van der Waals surface area contributed by atoms with Gasteiger partial charge in [-0.3, -0.25) is 62.5 Å². The Morgan fingerprint density at radius 2 is 1.27 bits per heavy atom. The number of rotatable bonds is 19. The molecule has 2 fully saturated rings. The van der Waals surface area contributed by atoms with Gasteiger partial charge in [-0.2, -0.15) is 0 Å². The first kappa shape index (κ1) is 65.1. The second kappa shape index (κ2) is 33.2. The van der Waals surface area contributed by atoms with Gasteiger partial charge < -0.3 is 86.7 Å². The SMILES string of the molecule is CC(=O)O.NC(=O)CC[C@H]1NC(=O)[C@H](Cc2ccccc2)NC(=O)[C@@H](Cc2ccc(O)cc2)NC(=O)[C@H](N)CSSC[C@H](C(=O)N2CCC[C@H]2C(=O)N[C@H](CCCN=C(N)N)C(=O)NCC(N)=O)NC(=O)[C@@H](CC(N)=O)NC1=O. The van der Waals surface area contributed by atoms with Gasteiger partial charge in [0, 0.05) is 50.8 Å². The number of guanidine groups is 1. The number of aromatic hydroxyl groups is 1. The van der Waals surface area contributed by atoms with Gasteiger partial charge in [0.15, 0.2) is 5.96 Å². The molecular weight excluding hydrogens is 1070 g/mol. The number of aliphatic imine (C=N–C) groups is 1. The molecule has 2 aromatic carbocycles. The molecule has 2 aromatic rings. The van der Waals surface area contributed by atoms with Crippen molar-refractivity contribution in [2.24, 2.45) is 39.4 Å². The first-order chi connectivity index (χ1) is 37.3. The highest BCUT2D eigenvalue weighted by molar-refractivity contribution is 8.76. The zero-order valence-electron chi connectivity index (χ0n) is 43.2. The molecule has 0 aliphatic carbocycles. The number of aliphatic carboxylic acids is 1. The molecule has 21 N–H and O–H groups in total. The lowest BCUT2D eigenvalue weighted by atomic mass is 10.0. The van der Waals surface area contributed by atoms with E-state index in [-0.39, 0.29) is 68.4 Å². The molecule has 0 saturated carbocycles. The number of carboxylic acid groups (broad SMARTS) is 1. The number of carbonyl (C=O) groups excluding carboxylic acids is 11. The number of carboxylic acids is 1. The molecule has 2 heterocycles. The van der Waals surface area contributed by atoms with Crippen molar-refractivity contribution in [3.63, 3.8) is 0 Å². The van der Waals surface area contributed by atoms with E-state index in [0.29, 0.717) is 17.5 Å². The second-order valence-electron chi connectivity index (χ2n) is 18.1. The summed E-state index contributed by atoms with van der Waals surface area (Å²) in [6.07, 6.45) is -1.38. The Bertz CT molecular complexity index is 2520. The lowest BCUT2D eigenvalue weighted by molar-refractivity contribution is -0.142. The molecule has 4 rings (SSSR count). The molecule has 0 spiro atoms. The molecule has 0 unspecified atom stereocenters. The van der Waals surface area contributed by atoms with E-state index in [1.165, 1.54) is 29.2 Å². The van der Waals surface area contributed by atoms with E-state index < -0.39 is 145 Å². The van der Waals surface area contributed by atoms with Gasteiger partial charge >= 0.3 is 0 Å². The molecule has 0 radical (unpaired) electrons. The normalized spacial score (nSPS) is 21.8. The fourth-order valence-electron chi connectivity index (χ4n) is 7.80. The highest BCUT2D eigenvalue weighted by Gasteiger charge is 2.40. The molecule has 31 heteroatoms. The van der Waals surface area contributed by atoms with Crippen LogP contribution in [0.25, 0.3) is 0 Å². The monoisotopic (exact) mass is 1140 g/mol. The Morgan fingerprint density at radius 3 is 1.85 bits per heavy atom. The fourth-order valence-corrected chi connectivity index (χ4v) is 10.1. The van der Waals surface area contributed by atoms with E-state index in [1.807, 2.05) is 0 Å². The molecular formula is C48H69N15O14S2. The summed E-state index contributed by atoms with van der Waals surface area (Å²) in [7, 11) is 1.99. The number of phenolic OH excluding ortho intramolecular Hbond substituents is 1. The first-order valence-electron chi connectivity index (χ1n) is 24.7. The van der Waals surface area contributed by atoms with E-state index in [4.69, 9.17) is 44.3 Å². The predicted octanol–water partition coefficient (Wildman–Crippen LogP) is -5.31. The van der Waals surface area contributed by atoms with Gasteiger partial charge in [0.25, 0.3) is 5.97 Å². The van der Waals surface area contributed by atoms with Crippen LogP contribution in [0.4, 0.5) is 0 Å². The van der Waals surface area contributed by atoms with Crippen molar-refractivity contribution in [2.75, 3.05) is 31.1 Å². The number of likely N-dealkylation sites (tertiary alicyclic amines) is 1. The number of nitrogens with one attached hydrogen (secondary N) is 7. The minimum absolute atomic E-state index is 0.00106. The predicted molar refractivity (Wildman–Crippen MR) is 289 cm³/mol. The van der Waals surface area contributed by atoms with Crippen molar-refractivity contribution in [3.05, 3.63) is 65.7 Å². The van der Waals surface area contributed by atoms with Crippen LogP contribution in [-0.4, -0.2) is 171 Å². The van der Waals surface area contributed by atoms with E-state index in [0.717, 1.165) is 28.5 Å². The van der Waals surface area contributed by atoms with E-state index in [9.17, 15) is 57.8 Å². The Hall–Kier alpha value is -8.19. The number of primary amides is 3. The van der Waals surface area contributed by atoms with Crippen molar-refractivity contribution in [1.82, 2.24) is 42.1 Å². The summed E-state index contributed by atoms with van der Waals surface area (Å²) in [4.78, 5) is 162. The number of nitrogens with zero attached hydrogens (tertiary/aromatic N) is 2. The average molecular weight is 1140 g/mol. The molecule has 11 amide bonds. The standard InChI is InChI=1S/C46H65N15O12S2.C2H4O2/c47-27-22-74-75-23-33(45(73)61-17-5-9-34(61)44(72)56-28(8-4-16-53-46(51)52)39(67)54-21-37(50)65)60-43(71)32(20-36(49)64)59-40(68)29(14-15-35(48)63)55-41(69)31(18-24-6-2-1-3-7-24)58-42(70)30(57-38(27)66)19-25-10-12-26(62)13-11-25;1-2(3)4/h1-3,6-7,10-13,27-34,62H,4-5,8-9,14-23,47H2,(H2,48,63)(H2,49,64)(H2,50,65)(H,54,67)(H,55,69)(H,56,72)(H,57,66)(H,58,70)(H,59,68)(H,60,71)(H4,51,52,53);1H3,(H,3,4)/t27-,28-,29-,30-,31+,32-,33-,34+;/m1./s1. The van der Waals surface area contributed by atoms with E-state index in [1.54, 1.807) is 30.3 Å². The highest BCUT2D eigenvalue weighted by atomic mass is 33.1. The van der Waals surface area contributed by atoms with Crippen molar-refractivity contribution >= 4 is 98.5 Å². The third-order valence-corrected chi connectivity index (χ3v) is 14.1. The maximum absolute atomic E-state index is 14.6. The van der Waals surface area contributed by atoms with Crippen LogP contribution in [0.5, 0.6) is 5.75 Å². The van der Waals surface area contributed by atoms with Gasteiger partial charge in [-0.05, 0) is 55.4 Å². The van der Waals surface area contributed by atoms with Crippen LogP contribution in [0.2, 0.25) is 0 Å². The number of phenols is 1. The molecule has 432 valence electrons. The van der Waals surface area contributed by atoms with Gasteiger partial charge in [-0.25, -0.2) is 0 Å². The van der Waals surface area contributed by atoms with Crippen molar-refractivity contribution in [1.29, 1.82) is 0 Å². The van der Waals surface area contributed by atoms with Gasteiger partial charge in [-0.15, -0.1) is 0 Å². The summed E-state index contributed by atoms with van der Waals surface area (Å²) in [5.41, 5.74) is 34.4. The quantitative estimate of drug-likeness (QED) is 0.0270. The summed E-state index contributed by atoms with van der Waals surface area (Å²) >= 11 is 0. The maximum atomic E-state index is 14.6. The summed E-state index contributed by atoms with van der Waals surface area (Å²) < 4.78 is 0. The zero-order valence-corrected chi connectivity index (χ0v) is 44.8. The summed E-state index contributed by atoms with van der Waals surface area (Å²) in [5.74, 6) is -11.4. The lowest BCUT2D eigenvalue weighted by Gasteiger charge is -2.31. The number of amides is 11. The summed E-state index contributed by atoms with van der Waals surface area (Å²) in [6.45, 7) is 0.641. The van der Waals surface area contributed by atoms with Crippen LogP contribution in [-0.2, 0) is 70.4 Å². The molecule has 2 aliphatic rings. The molecule has 2 saturated heterocycles. The topological polar surface area (TPSA) is 501 Å². The molecule has 29 nitrogen and oxygen atoms in total. The van der Waals surface area contributed by atoms with Gasteiger partial charge in [0.05, 0.1) is 19.0 Å². The number of benzene rings is 2. The molecule has 2 aliphatic heterocycles. The number of nitrogens with two attached hydrogens (primary N) is 6. The Labute approximate surface area is 461 Å².